The third-order valence-corrected chi connectivity index (χ3v) is 4.50. The van der Waals surface area contributed by atoms with Crippen LogP contribution >= 0.6 is 0 Å². The van der Waals surface area contributed by atoms with Crippen LogP contribution in [0.4, 0.5) is 0 Å². The first-order chi connectivity index (χ1) is 8.48. The molecular weight excluding hydrogens is 296 g/mol. The lowest BCUT2D eigenvalue weighted by Crippen LogP contribution is -2.07. The van der Waals surface area contributed by atoms with Gasteiger partial charge in [-0.05, 0) is 30.0 Å². The molecule has 0 radical (unpaired) electrons. The zero-order chi connectivity index (χ0) is 15.0. The lowest BCUT2D eigenvalue weighted by molar-refractivity contribution is 0.431. The van der Waals surface area contributed by atoms with Gasteiger partial charge in [0.2, 0.25) is 0 Å². The largest absolute Gasteiger partial charge is 0.506 e. The molecule has 7 nitrogen and oxygen atoms in total. The fourth-order valence-corrected chi connectivity index (χ4v) is 2.80. The van der Waals surface area contributed by atoms with Crippen LogP contribution in [0.25, 0.3) is 0 Å². The summed E-state index contributed by atoms with van der Waals surface area (Å²) in [5.74, 6) is -1.08. The minimum Gasteiger partial charge on any atom is -0.506 e. The highest BCUT2D eigenvalue weighted by atomic mass is 32.2. The number of phenolic OH excluding ortho intramolecular Hbond substituents is 1. The van der Waals surface area contributed by atoms with Crippen LogP contribution in [0.3, 0.4) is 0 Å². The Kier molecular flexibility index (Phi) is 4.25. The van der Waals surface area contributed by atoms with Crippen molar-refractivity contribution < 1.29 is 31.0 Å². The van der Waals surface area contributed by atoms with Crippen LogP contribution in [-0.4, -0.2) is 31.0 Å². The summed E-state index contributed by atoms with van der Waals surface area (Å²) in [5.41, 5.74) is 0.0188. The Hall–Kier alpha value is -1.16. The quantitative estimate of drug-likeness (QED) is 0.717. The Bertz CT molecular complexity index is 689. The van der Waals surface area contributed by atoms with Crippen molar-refractivity contribution >= 4 is 20.2 Å². The third-order valence-electron chi connectivity index (χ3n) is 2.80. The first kappa shape index (κ1) is 15.9. The number of hydrogen-bond donors (Lipinski definition) is 3. The molecule has 0 saturated carbocycles. The highest BCUT2D eigenvalue weighted by Gasteiger charge is 2.25. The summed E-state index contributed by atoms with van der Waals surface area (Å²) in [6.07, 6.45) is 0.493. The molecule has 1 atom stereocenters. The second-order valence-electron chi connectivity index (χ2n) is 4.12. The van der Waals surface area contributed by atoms with E-state index < -0.39 is 35.8 Å². The van der Waals surface area contributed by atoms with Gasteiger partial charge in [0, 0.05) is 0 Å². The number of hydrogen-bond acceptors (Lipinski definition) is 5. The lowest BCUT2D eigenvalue weighted by Gasteiger charge is -2.14. The standard InChI is InChI=1S/C10H14O7S2/c1-3-6(2)8-4-7(18(12,13)14)5-9(10(8)11)19(15,16)17/h4-6,11H,3H2,1-2H3,(H,12,13,14)(H,15,16,17). The van der Waals surface area contributed by atoms with E-state index in [-0.39, 0.29) is 11.5 Å². The van der Waals surface area contributed by atoms with Crippen LogP contribution in [0.15, 0.2) is 21.9 Å². The van der Waals surface area contributed by atoms with E-state index in [1.54, 1.807) is 13.8 Å². The molecule has 0 aliphatic carbocycles. The molecule has 0 heterocycles. The molecule has 3 N–H and O–H groups in total. The topological polar surface area (TPSA) is 129 Å². The Morgan fingerprint density at radius 1 is 1.11 bits per heavy atom. The van der Waals surface area contributed by atoms with E-state index in [0.29, 0.717) is 12.5 Å². The Balaban J connectivity index is 3.77. The van der Waals surface area contributed by atoms with Gasteiger partial charge in [-0.2, -0.15) is 16.8 Å². The van der Waals surface area contributed by atoms with Crippen LogP contribution < -0.4 is 0 Å². The first-order valence-electron chi connectivity index (χ1n) is 5.30. The molecular formula is C10H14O7S2. The van der Waals surface area contributed by atoms with E-state index in [1.165, 1.54) is 0 Å². The zero-order valence-corrected chi connectivity index (χ0v) is 11.9. The predicted octanol–water partition coefficient (Wildman–Crippen LogP) is 1.40. The summed E-state index contributed by atoms with van der Waals surface area (Å²) in [5, 5.41) is 9.80. The van der Waals surface area contributed by atoms with Gasteiger partial charge < -0.3 is 5.11 Å². The number of aromatic hydroxyl groups is 1. The van der Waals surface area contributed by atoms with Gasteiger partial charge in [-0.15, -0.1) is 0 Å². The summed E-state index contributed by atoms with van der Waals surface area (Å²) in [4.78, 5) is -1.65. The van der Waals surface area contributed by atoms with E-state index >= 15 is 0 Å². The summed E-state index contributed by atoms with van der Waals surface area (Å²) in [6, 6.07) is 1.49. The highest BCUT2D eigenvalue weighted by Crippen LogP contribution is 2.35. The van der Waals surface area contributed by atoms with Crippen molar-refractivity contribution in [2.24, 2.45) is 0 Å². The Morgan fingerprint density at radius 2 is 1.63 bits per heavy atom. The molecule has 0 aromatic heterocycles. The molecule has 1 aromatic rings. The van der Waals surface area contributed by atoms with E-state index in [1.807, 2.05) is 0 Å². The molecule has 1 rings (SSSR count). The maximum atomic E-state index is 11.1. The van der Waals surface area contributed by atoms with Gasteiger partial charge in [-0.25, -0.2) is 0 Å². The zero-order valence-electron chi connectivity index (χ0n) is 10.2. The molecule has 0 bridgehead atoms. The normalized spacial score (nSPS) is 14.3. The van der Waals surface area contributed by atoms with Crippen molar-refractivity contribution in [2.45, 2.75) is 36.0 Å². The fourth-order valence-electron chi connectivity index (χ4n) is 1.54. The molecule has 0 amide bonds. The summed E-state index contributed by atoms with van der Waals surface area (Å²) in [7, 11) is -9.46. The molecule has 0 aliphatic rings. The van der Waals surface area contributed by atoms with Crippen LogP contribution in [0.1, 0.15) is 31.7 Å². The smallest absolute Gasteiger partial charge is 0.298 e. The number of phenols is 1. The van der Waals surface area contributed by atoms with Crippen LogP contribution in [0.2, 0.25) is 0 Å². The summed E-state index contributed by atoms with van der Waals surface area (Å²) >= 11 is 0. The molecule has 1 unspecified atom stereocenters. The van der Waals surface area contributed by atoms with Crippen molar-refractivity contribution in [2.75, 3.05) is 0 Å². The van der Waals surface area contributed by atoms with Crippen LogP contribution in [-0.2, 0) is 20.2 Å². The molecule has 9 heteroatoms. The van der Waals surface area contributed by atoms with Crippen molar-refractivity contribution in [3.8, 4) is 5.75 Å². The molecule has 0 saturated heterocycles. The molecule has 0 aliphatic heterocycles. The van der Waals surface area contributed by atoms with Gasteiger partial charge in [0.25, 0.3) is 20.2 Å². The van der Waals surface area contributed by atoms with Crippen molar-refractivity contribution in [1.29, 1.82) is 0 Å². The second-order valence-corrected chi connectivity index (χ2v) is 6.93. The first-order valence-corrected chi connectivity index (χ1v) is 8.18. The molecule has 1 aromatic carbocycles. The fraction of sp³-hybridized carbons (Fsp3) is 0.400. The van der Waals surface area contributed by atoms with Gasteiger partial charge >= 0.3 is 0 Å². The van der Waals surface area contributed by atoms with Gasteiger partial charge in [0.05, 0.1) is 4.90 Å². The van der Waals surface area contributed by atoms with Gasteiger partial charge in [-0.3, -0.25) is 9.11 Å². The Morgan fingerprint density at radius 3 is 2.00 bits per heavy atom. The van der Waals surface area contributed by atoms with Crippen LogP contribution in [0, 0.1) is 0 Å². The van der Waals surface area contributed by atoms with Gasteiger partial charge in [0.15, 0.2) is 0 Å². The SMILES string of the molecule is CCC(C)c1cc(S(=O)(=O)O)cc(S(=O)(=O)O)c1O. The van der Waals surface area contributed by atoms with Crippen LogP contribution in [0.5, 0.6) is 5.75 Å². The molecule has 0 fully saturated rings. The maximum absolute atomic E-state index is 11.1. The van der Waals surface area contributed by atoms with Crippen molar-refractivity contribution in [3.63, 3.8) is 0 Å². The molecule has 0 spiro atoms. The monoisotopic (exact) mass is 310 g/mol. The Labute approximate surface area is 111 Å². The lowest BCUT2D eigenvalue weighted by atomic mass is 9.98. The third kappa shape index (κ3) is 3.44. The van der Waals surface area contributed by atoms with E-state index in [2.05, 4.69) is 0 Å². The maximum Gasteiger partial charge on any atom is 0.298 e. The average Bonchev–Trinajstić information content (AvgIpc) is 2.25. The average molecular weight is 310 g/mol. The number of rotatable bonds is 4. The van der Waals surface area contributed by atoms with E-state index in [0.717, 1.165) is 6.07 Å². The minimum absolute atomic E-state index is 0.0188. The minimum atomic E-state index is -4.81. The highest BCUT2D eigenvalue weighted by molar-refractivity contribution is 7.86. The summed E-state index contributed by atoms with van der Waals surface area (Å²) in [6.45, 7) is 3.38. The second kappa shape index (κ2) is 5.08. The van der Waals surface area contributed by atoms with Gasteiger partial charge in [0.1, 0.15) is 10.6 Å². The predicted molar refractivity (Wildman–Crippen MR) is 66.4 cm³/mol. The van der Waals surface area contributed by atoms with Crippen molar-refractivity contribution in [1.82, 2.24) is 0 Å². The number of benzene rings is 1. The molecule has 108 valence electrons. The van der Waals surface area contributed by atoms with Crippen molar-refractivity contribution in [3.05, 3.63) is 17.7 Å². The summed E-state index contributed by atoms with van der Waals surface area (Å²) < 4.78 is 62.3. The van der Waals surface area contributed by atoms with E-state index in [9.17, 15) is 21.9 Å². The molecule has 19 heavy (non-hydrogen) atoms. The van der Waals surface area contributed by atoms with E-state index in [4.69, 9.17) is 9.11 Å². The van der Waals surface area contributed by atoms with Gasteiger partial charge in [-0.1, -0.05) is 13.8 Å².